The first kappa shape index (κ1) is 10.6. The minimum Gasteiger partial charge on any atom is -0.478 e. The molecule has 1 atom stereocenters. The molecule has 0 heterocycles. The molecule has 0 bridgehead atoms. The number of carboxylic acid groups (broad SMARTS) is 1. The van der Waals surface area contributed by atoms with Crippen LogP contribution in [0, 0.1) is 0 Å². The van der Waals surface area contributed by atoms with Crippen molar-refractivity contribution in [2.45, 2.75) is 5.63 Å². The van der Waals surface area contributed by atoms with E-state index < -0.39 is 11.6 Å². The zero-order valence-electron chi connectivity index (χ0n) is 3.69. The van der Waals surface area contributed by atoms with Crippen LogP contribution in [0.4, 0.5) is 4.39 Å². The zero-order valence-corrected chi connectivity index (χ0v) is 6.44. The predicted octanol–water partition coefficient (Wildman–Crippen LogP) is 0.225. The Kier molecular flexibility index (Phi) is 7.35. The van der Waals surface area contributed by atoms with Crippen LogP contribution in [-0.2, 0) is 4.79 Å². The zero-order chi connectivity index (χ0) is 5.15. The third-order valence-electron chi connectivity index (χ3n) is 0.187. The second-order valence-corrected chi connectivity index (χ2v) is 1.02. The van der Waals surface area contributed by atoms with E-state index in [4.69, 9.17) is 5.11 Å². The van der Waals surface area contributed by atoms with Crippen molar-refractivity contribution in [2.24, 2.45) is 0 Å². The third kappa shape index (κ3) is 6.69. The van der Waals surface area contributed by atoms with E-state index in [0.29, 0.717) is 0 Å². The molecule has 0 aliphatic carbocycles. The average molecular weight is 135 g/mol. The summed E-state index contributed by atoms with van der Waals surface area (Å²) in [4.78, 5) is 9.19. The Labute approximate surface area is 66.9 Å². The Morgan fingerprint density at radius 1 is 1.86 bits per heavy atom. The summed E-state index contributed by atoms with van der Waals surface area (Å²) in [5.41, 5.74) is -2.26. The topological polar surface area (TPSA) is 37.3 Å². The molecule has 0 aromatic rings. The fraction of sp³-hybridized carbons (Fsp3) is 0.500. The first-order chi connectivity index (χ1) is 2.64. The smallest absolute Gasteiger partial charge is 0.354 e. The van der Waals surface area contributed by atoms with Crippen LogP contribution in [-0.4, -0.2) is 46.3 Å². The average Bonchev–Trinajstić information content (AvgIpc) is 1.36. The van der Waals surface area contributed by atoms with Crippen molar-refractivity contribution in [3.63, 3.8) is 0 Å². The van der Waals surface area contributed by atoms with Gasteiger partial charge in [-0.1, -0.05) is 11.6 Å². The van der Waals surface area contributed by atoms with Crippen LogP contribution < -0.4 is 0 Å². The quantitative estimate of drug-likeness (QED) is 0.413. The maximum atomic E-state index is 11.0. The van der Waals surface area contributed by atoms with Crippen molar-refractivity contribution in [3.05, 3.63) is 0 Å². The molecule has 2 nitrogen and oxygen atoms in total. The Bertz CT molecular complexity index is 66.7. The third-order valence-corrected chi connectivity index (χ3v) is 0.373. The van der Waals surface area contributed by atoms with Crippen molar-refractivity contribution < 1.29 is 14.3 Å². The number of carbonyl (C=O) groups is 1. The van der Waals surface area contributed by atoms with Crippen molar-refractivity contribution in [1.29, 1.82) is 0 Å². The maximum absolute atomic E-state index is 11.0. The predicted molar refractivity (Wildman–Crippen MR) is 24.1 cm³/mol. The monoisotopic (exact) mass is 135 g/mol. The van der Waals surface area contributed by atoms with Crippen LogP contribution in [0.1, 0.15) is 0 Å². The van der Waals surface area contributed by atoms with E-state index >= 15 is 0 Å². The fourth-order valence-electron chi connectivity index (χ4n) is 0. The van der Waals surface area contributed by atoms with Gasteiger partial charge >= 0.3 is 5.97 Å². The van der Waals surface area contributed by atoms with E-state index in [1.807, 2.05) is 0 Å². The number of hydrogen-bond acceptors (Lipinski definition) is 1. The first-order valence-electron chi connectivity index (χ1n) is 1.15. The molecular weight excluding hydrogens is 133 g/mol. The molecule has 1 radical (unpaired) electrons. The molecule has 0 rings (SSSR count). The van der Waals surface area contributed by atoms with Crippen molar-refractivity contribution in [3.8, 4) is 0 Å². The van der Waals surface area contributed by atoms with Crippen LogP contribution in [0.15, 0.2) is 0 Å². The molecule has 5 heteroatoms. The van der Waals surface area contributed by atoms with Crippen LogP contribution in [0.25, 0.3) is 0 Å². The molecule has 0 aliphatic heterocycles. The largest absolute Gasteiger partial charge is 0.478 e. The fourth-order valence-corrected chi connectivity index (χ4v) is 0. The van der Waals surface area contributed by atoms with E-state index in [9.17, 15) is 9.18 Å². The molecule has 0 aromatic heterocycles. The van der Waals surface area contributed by atoms with Crippen molar-refractivity contribution in [1.82, 2.24) is 0 Å². The van der Waals surface area contributed by atoms with Gasteiger partial charge in [0.2, 0.25) is 0 Å². The van der Waals surface area contributed by atoms with Gasteiger partial charge in [0, 0.05) is 29.6 Å². The van der Waals surface area contributed by atoms with Gasteiger partial charge in [-0.2, -0.15) is 0 Å². The standard InChI is InChI=1S/C2H2ClFO2.Na/c3-1(4)2(5)6;/h1H,(H,5,6);. The molecule has 1 unspecified atom stereocenters. The summed E-state index contributed by atoms with van der Waals surface area (Å²) >= 11 is 4.35. The van der Waals surface area contributed by atoms with Gasteiger partial charge in [0.05, 0.1) is 0 Å². The molecule has 37 valence electrons. The van der Waals surface area contributed by atoms with Crippen molar-refractivity contribution >= 4 is 47.1 Å². The molecule has 1 N–H and O–H groups in total. The maximum Gasteiger partial charge on any atom is 0.354 e. The summed E-state index contributed by atoms with van der Waals surface area (Å²) in [6, 6.07) is 0. The normalized spacial score (nSPS) is 11.7. The van der Waals surface area contributed by atoms with E-state index in [2.05, 4.69) is 11.6 Å². The number of halogens is 2. The molecule has 0 spiro atoms. The van der Waals surface area contributed by atoms with Gasteiger partial charge in [-0.3, -0.25) is 0 Å². The van der Waals surface area contributed by atoms with Crippen molar-refractivity contribution in [2.75, 3.05) is 0 Å². The van der Waals surface area contributed by atoms with Crippen LogP contribution in [0.3, 0.4) is 0 Å². The molecule has 0 amide bonds. The second kappa shape index (κ2) is 4.84. The van der Waals surface area contributed by atoms with Gasteiger partial charge in [-0.05, 0) is 0 Å². The summed E-state index contributed by atoms with van der Waals surface area (Å²) < 4.78 is 11.0. The van der Waals surface area contributed by atoms with E-state index in [1.54, 1.807) is 0 Å². The first-order valence-corrected chi connectivity index (χ1v) is 1.59. The van der Waals surface area contributed by atoms with Gasteiger partial charge < -0.3 is 5.11 Å². The summed E-state index contributed by atoms with van der Waals surface area (Å²) in [7, 11) is 0. The Morgan fingerprint density at radius 3 is 2.00 bits per heavy atom. The summed E-state index contributed by atoms with van der Waals surface area (Å²) in [6.07, 6.45) is 0. The number of carboxylic acids is 1. The van der Waals surface area contributed by atoms with Crippen LogP contribution in [0.2, 0.25) is 0 Å². The minimum absolute atomic E-state index is 0. The molecule has 0 aliphatic rings. The van der Waals surface area contributed by atoms with E-state index in [1.165, 1.54) is 0 Å². The Balaban J connectivity index is 0. The van der Waals surface area contributed by atoms with Crippen LogP contribution in [0.5, 0.6) is 0 Å². The van der Waals surface area contributed by atoms with Crippen LogP contribution >= 0.6 is 11.6 Å². The Morgan fingerprint density at radius 2 is 2.00 bits per heavy atom. The number of alkyl halides is 2. The molecule has 0 aromatic carbocycles. The van der Waals surface area contributed by atoms with Gasteiger partial charge in [0.25, 0.3) is 5.63 Å². The molecular formula is C2H2ClFNaO2. The summed E-state index contributed by atoms with van der Waals surface area (Å²) in [6.45, 7) is 0. The number of aliphatic carboxylic acids is 1. The van der Waals surface area contributed by atoms with Gasteiger partial charge in [-0.15, -0.1) is 0 Å². The van der Waals surface area contributed by atoms with Gasteiger partial charge in [0.15, 0.2) is 0 Å². The number of rotatable bonds is 1. The van der Waals surface area contributed by atoms with E-state index in [-0.39, 0.29) is 29.6 Å². The van der Waals surface area contributed by atoms with Gasteiger partial charge in [0.1, 0.15) is 0 Å². The number of hydrogen-bond donors (Lipinski definition) is 1. The SMILES string of the molecule is O=C(O)C(F)Cl.[Na]. The van der Waals surface area contributed by atoms with Gasteiger partial charge in [-0.25, -0.2) is 9.18 Å². The summed E-state index contributed by atoms with van der Waals surface area (Å²) in [5, 5.41) is 7.48. The minimum atomic E-state index is -2.26. The Hall–Kier alpha value is 0.690. The second-order valence-electron chi connectivity index (χ2n) is 0.639. The molecule has 0 saturated carbocycles. The molecule has 0 fully saturated rings. The molecule has 7 heavy (non-hydrogen) atoms. The summed E-state index contributed by atoms with van der Waals surface area (Å²) in [5.74, 6) is -1.64. The molecule has 0 saturated heterocycles. The van der Waals surface area contributed by atoms with E-state index in [0.717, 1.165) is 0 Å².